The van der Waals surface area contributed by atoms with Gasteiger partial charge in [0.1, 0.15) is 5.75 Å². The molecule has 2 rings (SSSR count). The molecule has 1 fully saturated rings. The van der Waals surface area contributed by atoms with Crippen molar-refractivity contribution in [3.05, 3.63) is 29.3 Å². The fraction of sp³-hybridized carbons (Fsp3) is 0.562. The van der Waals surface area contributed by atoms with Crippen LogP contribution in [-0.2, 0) is 4.79 Å². The second-order valence-electron chi connectivity index (χ2n) is 5.62. The molecular formula is C16H24N2O2. The first-order valence-corrected chi connectivity index (χ1v) is 7.29. The van der Waals surface area contributed by atoms with E-state index in [4.69, 9.17) is 4.74 Å². The lowest BCUT2D eigenvalue weighted by Crippen LogP contribution is -2.52. The van der Waals surface area contributed by atoms with Gasteiger partial charge >= 0.3 is 0 Å². The molecule has 1 aromatic rings. The summed E-state index contributed by atoms with van der Waals surface area (Å²) >= 11 is 0. The van der Waals surface area contributed by atoms with Crippen LogP contribution in [0.1, 0.15) is 30.9 Å². The van der Waals surface area contributed by atoms with E-state index >= 15 is 0 Å². The standard InChI is InChI=1S/C16H24N2O2/c1-11-6-7-15(12(2)9-11)20-10-16(19)18-14-5-4-8-17-13(14)3/h6-7,9,13-14,17H,4-5,8,10H2,1-3H3,(H,18,19). The van der Waals surface area contributed by atoms with Gasteiger partial charge in [-0.3, -0.25) is 4.79 Å². The second kappa shape index (κ2) is 6.75. The van der Waals surface area contributed by atoms with Gasteiger partial charge in [0.2, 0.25) is 0 Å². The van der Waals surface area contributed by atoms with E-state index in [1.54, 1.807) is 0 Å². The predicted molar refractivity (Wildman–Crippen MR) is 80.0 cm³/mol. The molecule has 1 heterocycles. The summed E-state index contributed by atoms with van der Waals surface area (Å²) in [6.07, 6.45) is 2.14. The number of ether oxygens (including phenoxy) is 1. The Morgan fingerprint density at radius 3 is 2.95 bits per heavy atom. The molecule has 0 aliphatic carbocycles. The summed E-state index contributed by atoms with van der Waals surface area (Å²) in [7, 11) is 0. The molecule has 2 atom stereocenters. The smallest absolute Gasteiger partial charge is 0.258 e. The summed E-state index contributed by atoms with van der Waals surface area (Å²) in [6.45, 7) is 7.25. The zero-order valence-electron chi connectivity index (χ0n) is 12.5. The molecule has 0 bridgehead atoms. The summed E-state index contributed by atoms with van der Waals surface area (Å²) in [5, 5.41) is 6.41. The van der Waals surface area contributed by atoms with Crippen molar-refractivity contribution in [3.8, 4) is 5.75 Å². The molecule has 1 aliphatic heterocycles. The van der Waals surface area contributed by atoms with E-state index in [0.29, 0.717) is 6.04 Å². The van der Waals surface area contributed by atoms with Gasteiger partial charge in [-0.25, -0.2) is 0 Å². The van der Waals surface area contributed by atoms with E-state index in [1.807, 2.05) is 26.0 Å². The third-order valence-electron chi connectivity index (χ3n) is 3.80. The number of benzene rings is 1. The van der Waals surface area contributed by atoms with Crippen molar-refractivity contribution < 1.29 is 9.53 Å². The Balaban J connectivity index is 1.82. The normalized spacial score (nSPS) is 22.4. The topological polar surface area (TPSA) is 50.4 Å². The van der Waals surface area contributed by atoms with Crippen LogP contribution in [0.3, 0.4) is 0 Å². The minimum atomic E-state index is -0.0504. The number of carbonyl (C=O) groups excluding carboxylic acids is 1. The van der Waals surface area contributed by atoms with E-state index < -0.39 is 0 Å². The maximum Gasteiger partial charge on any atom is 0.258 e. The molecule has 1 amide bonds. The minimum absolute atomic E-state index is 0.0504. The first kappa shape index (κ1) is 14.9. The Labute approximate surface area is 120 Å². The number of rotatable bonds is 4. The zero-order chi connectivity index (χ0) is 14.5. The van der Waals surface area contributed by atoms with Crippen LogP contribution in [0, 0.1) is 13.8 Å². The van der Waals surface area contributed by atoms with E-state index in [2.05, 4.69) is 23.6 Å². The number of piperidine rings is 1. The van der Waals surface area contributed by atoms with Crippen molar-refractivity contribution in [1.82, 2.24) is 10.6 Å². The molecule has 2 N–H and O–H groups in total. The third kappa shape index (κ3) is 3.97. The number of hydrogen-bond acceptors (Lipinski definition) is 3. The van der Waals surface area contributed by atoms with Crippen LogP contribution >= 0.6 is 0 Å². The first-order valence-electron chi connectivity index (χ1n) is 7.29. The summed E-state index contributed by atoms with van der Waals surface area (Å²) in [6, 6.07) is 6.50. The first-order chi connectivity index (χ1) is 9.56. The molecule has 1 saturated heterocycles. The SMILES string of the molecule is Cc1ccc(OCC(=O)NC2CCCNC2C)c(C)c1. The van der Waals surface area contributed by atoms with Crippen LogP contribution in [0.4, 0.5) is 0 Å². The lowest BCUT2D eigenvalue weighted by Gasteiger charge is -2.30. The highest BCUT2D eigenvalue weighted by molar-refractivity contribution is 5.78. The number of nitrogens with one attached hydrogen (secondary N) is 2. The van der Waals surface area contributed by atoms with Crippen molar-refractivity contribution in [2.45, 2.75) is 45.7 Å². The molecule has 0 spiro atoms. The highest BCUT2D eigenvalue weighted by Crippen LogP contribution is 2.18. The van der Waals surface area contributed by atoms with Gasteiger partial charge in [-0.05, 0) is 51.8 Å². The van der Waals surface area contributed by atoms with Gasteiger partial charge in [-0.2, -0.15) is 0 Å². The molecule has 20 heavy (non-hydrogen) atoms. The van der Waals surface area contributed by atoms with E-state index in [1.165, 1.54) is 5.56 Å². The maximum absolute atomic E-state index is 11.9. The van der Waals surface area contributed by atoms with Gasteiger partial charge in [-0.15, -0.1) is 0 Å². The average molecular weight is 276 g/mol. The number of aryl methyl sites for hydroxylation is 2. The Hall–Kier alpha value is -1.55. The van der Waals surface area contributed by atoms with Gasteiger partial charge in [0, 0.05) is 12.1 Å². The van der Waals surface area contributed by atoms with Gasteiger partial charge < -0.3 is 15.4 Å². The van der Waals surface area contributed by atoms with Crippen LogP contribution in [0.5, 0.6) is 5.75 Å². The zero-order valence-corrected chi connectivity index (χ0v) is 12.5. The fourth-order valence-corrected chi connectivity index (χ4v) is 2.59. The van der Waals surface area contributed by atoms with Crippen molar-refractivity contribution in [1.29, 1.82) is 0 Å². The van der Waals surface area contributed by atoms with Crippen LogP contribution in [0.15, 0.2) is 18.2 Å². The number of hydrogen-bond donors (Lipinski definition) is 2. The molecular weight excluding hydrogens is 252 g/mol. The lowest BCUT2D eigenvalue weighted by atomic mass is 10.00. The van der Waals surface area contributed by atoms with Crippen molar-refractivity contribution in [2.24, 2.45) is 0 Å². The molecule has 2 unspecified atom stereocenters. The second-order valence-corrected chi connectivity index (χ2v) is 5.62. The predicted octanol–water partition coefficient (Wildman–Crippen LogP) is 1.94. The molecule has 0 aromatic heterocycles. The molecule has 4 heteroatoms. The van der Waals surface area contributed by atoms with E-state index in [-0.39, 0.29) is 18.6 Å². The van der Waals surface area contributed by atoms with Gasteiger partial charge in [0.15, 0.2) is 6.61 Å². The molecule has 0 radical (unpaired) electrons. The van der Waals surface area contributed by atoms with Gasteiger partial charge in [0.05, 0.1) is 0 Å². The minimum Gasteiger partial charge on any atom is -0.484 e. The summed E-state index contributed by atoms with van der Waals surface area (Å²) < 4.78 is 5.60. The largest absolute Gasteiger partial charge is 0.484 e. The van der Waals surface area contributed by atoms with Gasteiger partial charge in [0.25, 0.3) is 5.91 Å². The molecule has 0 saturated carbocycles. The average Bonchev–Trinajstić information content (AvgIpc) is 2.40. The Bertz CT molecular complexity index is 474. The lowest BCUT2D eigenvalue weighted by molar-refractivity contribution is -0.124. The summed E-state index contributed by atoms with van der Waals surface area (Å²) in [4.78, 5) is 11.9. The van der Waals surface area contributed by atoms with E-state index in [9.17, 15) is 4.79 Å². The van der Waals surface area contributed by atoms with Crippen LogP contribution in [0.2, 0.25) is 0 Å². The molecule has 4 nitrogen and oxygen atoms in total. The Morgan fingerprint density at radius 1 is 1.45 bits per heavy atom. The Morgan fingerprint density at radius 2 is 2.25 bits per heavy atom. The van der Waals surface area contributed by atoms with Crippen LogP contribution in [0.25, 0.3) is 0 Å². The van der Waals surface area contributed by atoms with Crippen molar-refractivity contribution >= 4 is 5.91 Å². The monoisotopic (exact) mass is 276 g/mol. The third-order valence-corrected chi connectivity index (χ3v) is 3.80. The summed E-state index contributed by atoms with van der Waals surface area (Å²) in [5.41, 5.74) is 2.26. The summed E-state index contributed by atoms with van der Waals surface area (Å²) in [5.74, 6) is 0.728. The van der Waals surface area contributed by atoms with Gasteiger partial charge in [-0.1, -0.05) is 17.7 Å². The quantitative estimate of drug-likeness (QED) is 0.883. The molecule has 1 aromatic carbocycles. The highest BCUT2D eigenvalue weighted by atomic mass is 16.5. The Kier molecular flexibility index (Phi) is 5.01. The number of amides is 1. The van der Waals surface area contributed by atoms with Crippen LogP contribution in [-0.4, -0.2) is 31.1 Å². The fourth-order valence-electron chi connectivity index (χ4n) is 2.59. The van der Waals surface area contributed by atoms with Crippen molar-refractivity contribution in [3.63, 3.8) is 0 Å². The molecule has 1 aliphatic rings. The number of carbonyl (C=O) groups is 1. The maximum atomic E-state index is 11.9. The van der Waals surface area contributed by atoms with Crippen LogP contribution < -0.4 is 15.4 Å². The van der Waals surface area contributed by atoms with E-state index in [0.717, 1.165) is 30.7 Å². The highest BCUT2D eigenvalue weighted by Gasteiger charge is 2.22. The van der Waals surface area contributed by atoms with Crippen molar-refractivity contribution in [2.75, 3.05) is 13.2 Å². The molecule has 110 valence electrons.